The zero-order chi connectivity index (χ0) is 28.2. The second-order valence-corrected chi connectivity index (χ2v) is 9.96. The molecular formula is C29H33N9O3. The van der Waals surface area contributed by atoms with Gasteiger partial charge in [0.05, 0.1) is 43.2 Å². The molecule has 12 heteroatoms. The van der Waals surface area contributed by atoms with Gasteiger partial charge in [0.15, 0.2) is 0 Å². The minimum absolute atomic E-state index is 0.101. The van der Waals surface area contributed by atoms with Gasteiger partial charge in [0, 0.05) is 49.8 Å². The number of H-pyrrole nitrogens is 1. The maximum atomic E-state index is 12.3. The van der Waals surface area contributed by atoms with Crippen molar-refractivity contribution in [1.29, 1.82) is 0 Å². The van der Waals surface area contributed by atoms with Crippen molar-refractivity contribution in [3.05, 3.63) is 55.5 Å². The van der Waals surface area contributed by atoms with Crippen LogP contribution < -0.4 is 20.3 Å². The number of hydrogen-bond acceptors (Lipinski definition) is 10. The predicted molar refractivity (Wildman–Crippen MR) is 158 cm³/mol. The van der Waals surface area contributed by atoms with Crippen LogP contribution in [-0.2, 0) is 9.53 Å². The van der Waals surface area contributed by atoms with Crippen molar-refractivity contribution in [3.63, 3.8) is 0 Å². The topological polar surface area (TPSA) is 133 Å². The third-order valence-corrected chi connectivity index (χ3v) is 7.31. The highest BCUT2D eigenvalue weighted by Crippen LogP contribution is 2.35. The molecule has 0 unspecified atom stereocenters. The number of nitrogens with one attached hydrogen (secondary N) is 3. The summed E-state index contributed by atoms with van der Waals surface area (Å²) in [7, 11) is 1.80. The molecule has 4 aromatic rings. The van der Waals surface area contributed by atoms with Crippen LogP contribution in [0, 0.1) is 0 Å². The van der Waals surface area contributed by atoms with Crippen molar-refractivity contribution >= 4 is 40.1 Å². The van der Waals surface area contributed by atoms with E-state index in [1.807, 2.05) is 18.3 Å². The number of ether oxygens (including phenoxy) is 2. The first-order valence-corrected chi connectivity index (χ1v) is 13.8. The number of amides is 1. The van der Waals surface area contributed by atoms with Gasteiger partial charge >= 0.3 is 0 Å². The lowest BCUT2D eigenvalue weighted by Gasteiger charge is -2.32. The summed E-state index contributed by atoms with van der Waals surface area (Å²) in [5, 5.41) is 7.06. The van der Waals surface area contributed by atoms with E-state index in [1.165, 1.54) is 6.08 Å². The van der Waals surface area contributed by atoms with Crippen LogP contribution in [0.2, 0.25) is 0 Å². The van der Waals surface area contributed by atoms with Gasteiger partial charge in [0.1, 0.15) is 17.6 Å². The van der Waals surface area contributed by atoms with Gasteiger partial charge in [-0.05, 0) is 43.2 Å². The van der Waals surface area contributed by atoms with Gasteiger partial charge < -0.3 is 34.9 Å². The van der Waals surface area contributed by atoms with E-state index in [0.29, 0.717) is 47.5 Å². The third kappa shape index (κ3) is 5.78. The molecule has 2 saturated heterocycles. The fourth-order valence-corrected chi connectivity index (χ4v) is 5.19. The first kappa shape index (κ1) is 26.5. The molecule has 1 atom stereocenters. The van der Waals surface area contributed by atoms with E-state index >= 15 is 0 Å². The van der Waals surface area contributed by atoms with Crippen LogP contribution >= 0.6 is 0 Å². The molecule has 6 rings (SSSR count). The second-order valence-electron chi connectivity index (χ2n) is 9.96. The number of anilines is 4. The van der Waals surface area contributed by atoms with Crippen LogP contribution in [0.15, 0.2) is 55.5 Å². The molecule has 12 nitrogen and oxygen atoms in total. The van der Waals surface area contributed by atoms with Gasteiger partial charge in [-0.1, -0.05) is 6.58 Å². The summed E-state index contributed by atoms with van der Waals surface area (Å²) in [6.07, 6.45) is 7.93. The lowest BCUT2D eigenvalue weighted by molar-refractivity contribution is -0.128. The molecule has 3 N–H and O–H groups in total. The summed E-state index contributed by atoms with van der Waals surface area (Å²) in [5.41, 5.74) is 4.03. The van der Waals surface area contributed by atoms with Crippen molar-refractivity contribution < 1.29 is 14.3 Å². The Hall–Kier alpha value is -4.71. The first-order chi connectivity index (χ1) is 20.1. The predicted octanol–water partition coefficient (Wildman–Crippen LogP) is 3.59. The Morgan fingerprint density at radius 2 is 1.98 bits per heavy atom. The molecule has 5 heterocycles. The average molecular weight is 556 g/mol. The summed E-state index contributed by atoms with van der Waals surface area (Å²) in [6.45, 7) is 7.99. The highest BCUT2D eigenvalue weighted by molar-refractivity contribution is 5.97. The Bertz CT molecular complexity index is 1530. The smallest absolute Gasteiger partial charge is 0.246 e. The average Bonchev–Trinajstić information content (AvgIpc) is 3.46. The molecule has 0 saturated carbocycles. The number of piperidine rings is 1. The van der Waals surface area contributed by atoms with Gasteiger partial charge in [-0.15, -0.1) is 0 Å². The molecule has 2 fully saturated rings. The molecular weight excluding hydrogens is 522 g/mol. The number of nitrogens with zero attached hydrogens (tertiary/aromatic N) is 6. The molecule has 3 aromatic heterocycles. The quantitative estimate of drug-likeness (QED) is 0.277. The molecule has 0 aliphatic carbocycles. The normalized spacial score (nSPS) is 17.3. The largest absolute Gasteiger partial charge is 0.472 e. The number of hydrogen-bond donors (Lipinski definition) is 3. The lowest BCUT2D eigenvalue weighted by atomic mass is 10.1. The highest BCUT2D eigenvalue weighted by Gasteiger charge is 2.26. The number of carbonyl (C=O) groups is 1. The van der Waals surface area contributed by atoms with Crippen LogP contribution in [0.3, 0.4) is 0 Å². The van der Waals surface area contributed by atoms with Crippen LogP contribution in [0.1, 0.15) is 12.8 Å². The van der Waals surface area contributed by atoms with Gasteiger partial charge in [0.2, 0.25) is 17.7 Å². The number of carbonyl (C=O) groups excluding carboxylic acids is 1. The molecule has 212 valence electrons. The highest BCUT2D eigenvalue weighted by atomic mass is 16.5. The van der Waals surface area contributed by atoms with E-state index in [9.17, 15) is 4.79 Å². The van der Waals surface area contributed by atoms with Crippen molar-refractivity contribution in [2.45, 2.75) is 18.9 Å². The standard InChI is InChI=1S/C29H33N9O3/c1-3-25(39)38-10-4-5-21(18-38)41-28-26-22(23-16-31-17-24(30-2)34-23)15-32-27(26)35-29(36-28)33-19-6-8-20(9-7-19)37-11-13-40-14-12-37/h3,6-9,15-17,21H,1,4-5,10-14,18H2,2H3,(H,30,34)(H2,32,33,35,36)/t21-/m1/s1. The zero-order valence-corrected chi connectivity index (χ0v) is 23.0. The summed E-state index contributed by atoms with van der Waals surface area (Å²) in [6, 6.07) is 8.18. The number of benzene rings is 1. The monoisotopic (exact) mass is 555 g/mol. The Morgan fingerprint density at radius 1 is 1.15 bits per heavy atom. The SMILES string of the molecule is C=CC(=O)N1CCC[C@@H](Oc2nc(Nc3ccc(N4CCOCC4)cc3)nc3[nH]cc(-c4cncc(NC)n4)c23)C1. The minimum Gasteiger partial charge on any atom is -0.472 e. The number of likely N-dealkylation sites (tertiary alicyclic amines) is 1. The number of aromatic nitrogens is 5. The lowest BCUT2D eigenvalue weighted by Crippen LogP contribution is -2.43. The fraction of sp³-hybridized carbons (Fsp3) is 0.345. The van der Waals surface area contributed by atoms with E-state index in [2.05, 4.69) is 49.2 Å². The molecule has 0 bridgehead atoms. The van der Waals surface area contributed by atoms with Gasteiger partial charge in [-0.3, -0.25) is 9.78 Å². The van der Waals surface area contributed by atoms with Gasteiger partial charge in [-0.2, -0.15) is 9.97 Å². The summed E-state index contributed by atoms with van der Waals surface area (Å²) < 4.78 is 12.0. The van der Waals surface area contributed by atoms with Gasteiger partial charge in [-0.25, -0.2) is 4.98 Å². The molecule has 2 aliphatic rings. The van der Waals surface area contributed by atoms with Crippen molar-refractivity contribution in [3.8, 4) is 17.1 Å². The maximum absolute atomic E-state index is 12.3. The van der Waals surface area contributed by atoms with Crippen LogP contribution in [-0.4, -0.2) is 88.3 Å². The molecule has 0 radical (unpaired) electrons. The molecule has 1 aromatic carbocycles. The molecule has 41 heavy (non-hydrogen) atoms. The molecule has 2 aliphatic heterocycles. The third-order valence-electron chi connectivity index (χ3n) is 7.31. The fourth-order valence-electron chi connectivity index (χ4n) is 5.19. The Kier molecular flexibility index (Phi) is 7.63. The van der Waals surface area contributed by atoms with E-state index in [0.717, 1.165) is 56.1 Å². The number of fused-ring (bicyclic) bond motifs is 1. The van der Waals surface area contributed by atoms with Gasteiger partial charge in [0.25, 0.3) is 0 Å². The Labute approximate surface area is 237 Å². The number of aromatic amines is 1. The van der Waals surface area contributed by atoms with Crippen LogP contribution in [0.4, 0.5) is 23.1 Å². The summed E-state index contributed by atoms with van der Waals surface area (Å²) in [4.78, 5) is 38.2. The van der Waals surface area contributed by atoms with Crippen molar-refractivity contribution in [2.75, 3.05) is 62.0 Å². The van der Waals surface area contributed by atoms with Crippen LogP contribution in [0.25, 0.3) is 22.3 Å². The first-order valence-electron chi connectivity index (χ1n) is 13.8. The minimum atomic E-state index is -0.233. The van der Waals surface area contributed by atoms with Crippen molar-refractivity contribution in [1.82, 2.24) is 29.8 Å². The Balaban J connectivity index is 1.33. The summed E-state index contributed by atoms with van der Waals surface area (Å²) >= 11 is 0. The summed E-state index contributed by atoms with van der Waals surface area (Å²) in [5.74, 6) is 1.35. The Morgan fingerprint density at radius 3 is 2.76 bits per heavy atom. The number of rotatable bonds is 8. The van der Waals surface area contributed by atoms with E-state index < -0.39 is 0 Å². The second kappa shape index (κ2) is 11.8. The number of morpholine rings is 1. The maximum Gasteiger partial charge on any atom is 0.246 e. The van der Waals surface area contributed by atoms with E-state index in [-0.39, 0.29) is 12.0 Å². The molecule has 1 amide bonds. The van der Waals surface area contributed by atoms with Crippen LogP contribution in [0.5, 0.6) is 5.88 Å². The van der Waals surface area contributed by atoms with Crippen molar-refractivity contribution in [2.24, 2.45) is 0 Å². The molecule has 0 spiro atoms. The van der Waals surface area contributed by atoms with E-state index in [4.69, 9.17) is 19.4 Å². The zero-order valence-electron chi connectivity index (χ0n) is 23.0. The van der Waals surface area contributed by atoms with E-state index in [1.54, 1.807) is 24.3 Å².